The van der Waals surface area contributed by atoms with Crippen molar-refractivity contribution in [1.82, 2.24) is 5.32 Å². The lowest BCUT2D eigenvalue weighted by molar-refractivity contribution is -0.124. The van der Waals surface area contributed by atoms with E-state index in [1.165, 1.54) is 25.7 Å². The predicted octanol–water partition coefficient (Wildman–Crippen LogP) is 4.00. The maximum absolute atomic E-state index is 11.7. The Labute approximate surface area is 108 Å². The molecule has 0 aromatic heterocycles. The van der Waals surface area contributed by atoms with Crippen molar-refractivity contribution < 1.29 is 4.79 Å². The highest BCUT2D eigenvalue weighted by Crippen LogP contribution is 2.13. The van der Waals surface area contributed by atoms with Crippen LogP contribution in [0, 0.1) is 17.8 Å². The van der Waals surface area contributed by atoms with Crippen molar-refractivity contribution in [3.8, 4) is 0 Å². The van der Waals surface area contributed by atoms with Crippen LogP contribution in [0.5, 0.6) is 0 Å². The molecule has 0 aromatic rings. The van der Waals surface area contributed by atoms with E-state index in [1.807, 2.05) is 6.92 Å². The van der Waals surface area contributed by atoms with Crippen LogP contribution in [0.3, 0.4) is 0 Å². The van der Waals surface area contributed by atoms with Crippen molar-refractivity contribution in [3.63, 3.8) is 0 Å². The normalized spacial score (nSPS) is 13.1. The summed E-state index contributed by atoms with van der Waals surface area (Å²) in [4.78, 5) is 11.7. The summed E-state index contributed by atoms with van der Waals surface area (Å²) < 4.78 is 0. The van der Waals surface area contributed by atoms with E-state index in [4.69, 9.17) is 0 Å². The van der Waals surface area contributed by atoms with Crippen LogP contribution in [0.2, 0.25) is 0 Å². The summed E-state index contributed by atoms with van der Waals surface area (Å²) in [5, 5.41) is 3.00. The molecule has 0 spiro atoms. The smallest absolute Gasteiger partial charge is 0.222 e. The topological polar surface area (TPSA) is 29.1 Å². The minimum Gasteiger partial charge on any atom is -0.356 e. The second-order valence-electron chi connectivity index (χ2n) is 6.07. The molecule has 0 aliphatic rings. The molecule has 1 N–H and O–H groups in total. The van der Waals surface area contributed by atoms with Gasteiger partial charge in [0.15, 0.2) is 0 Å². The van der Waals surface area contributed by atoms with Gasteiger partial charge in [-0.2, -0.15) is 0 Å². The van der Waals surface area contributed by atoms with E-state index in [2.05, 4.69) is 33.0 Å². The highest BCUT2D eigenvalue weighted by atomic mass is 16.1. The number of carbonyl (C=O) groups excluding carboxylic acids is 1. The first kappa shape index (κ1) is 16.5. The molecule has 17 heavy (non-hydrogen) atoms. The molecule has 0 radical (unpaired) electrons. The molecule has 0 aliphatic heterocycles. The minimum absolute atomic E-state index is 0.174. The second-order valence-corrected chi connectivity index (χ2v) is 6.07. The zero-order chi connectivity index (χ0) is 13.3. The number of hydrogen-bond donors (Lipinski definition) is 1. The first-order valence-electron chi connectivity index (χ1n) is 7.21. The number of amides is 1. The van der Waals surface area contributed by atoms with Crippen LogP contribution < -0.4 is 5.32 Å². The summed E-state index contributed by atoms with van der Waals surface area (Å²) in [6.45, 7) is 11.6. The summed E-state index contributed by atoms with van der Waals surface area (Å²) in [5.74, 6) is 1.74. The van der Waals surface area contributed by atoms with Crippen LogP contribution in [0.25, 0.3) is 0 Å². The fraction of sp³-hybridized carbons (Fsp3) is 0.933. The molecular weight excluding hydrogens is 210 g/mol. The van der Waals surface area contributed by atoms with Crippen molar-refractivity contribution in [3.05, 3.63) is 0 Å². The molecule has 2 nitrogen and oxygen atoms in total. The Kier molecular flexibility index (Phi) is 9.20. The first-order valence-corrected chi connectivity index (χ1v) is 7.21. The van der Waals surface area contributed by atoms with E-state index >= 15 is 0 Å². The van der Waals surface area contributed by atoms with E-state index in [0.29, 0.717) is 5.92 Å². The molecule has 0 heterocycles. The largest absolute Gasteiger partial charge is 0.356 e. The second kappa shape index (κ2) is 9.49. The highest BCUT2D eigenvalue weighted by molar-refractivity contribution is 5.78. The van der Waals surface area contributed by atoms with Gasteiger partial charge in [0.2, 0.25) is 5.91 Å². The Morgan fingerprint density at radius 2 is 1.47 bits per heavy atom. The molecule has 1 amide bonds. The maximum Gasteiger partial charge on any atom is 0.222 e. The third kappa shape index (κ3) is 10.3. The van der Waals surface area contributed by atoms with E-state index in [9.17, 15) is 4.79 Å². The van der Waals surface area contributed by atoms with Gasteiger partial charge < -0.3 is 5.32 Å². The van der Waals surface area contributed by atoms with Gasteiger partial charge in [0.1, 0.15) is 0 Å². The monoisotopic (exact) mass is 241 g/mol. The van der Waals surface area contributed by atoms with Gasteiger partial charge in [0, 0.05) is 12.5 Å². The van der Waals surface area contributed by atoms with Crippen LogP contribution >= 0.6 is 0 Å². The Morgan fingerprint density at radius 1 is 0.882 bits per heavy atom. The van der Waals surface area contributed by atoms with Gasteiger partial charge in [0.05, 0.1) is 0 Å². The van der Waals surface area contributed by atoms with Crippen LogP contribution in [-0.4, -0.2) is 12.5 Å². The Bertz CT molecular complexity index is 199. The number of hydrogen-bond acceptors (Lipinski definition) is 1. The predicted molar refractivity (Wildman–Crippen MR) is 74.9 cm³/mol. The van der Waals surface area contributed by atoms with Gasteiger partial charge in [-0.3, -0.25) is 4.79 Å². The van der Waals surface area contributed by atoms with E-state index < -0.39 is 0 Å². The standard InChI is InChI=1S/C15H31NO/c1-12(2)9-7-6-8-10-14(5)15(17)16-11-13(3)4/h12-14H,6-11H2,1-5H3,(H,16,17)/t14-/m0/s1. The summed E-state index contributed by atoms with van der Waals surface area (Å²) in [7, 11) is 0. The maximum atomic E-state index is 11.7. The van der Waals surface area contributed by atoms with Crippen molar-refractivity contribution in [2.24, 2.45) is 17.8 Å². The number of rotatable bonds is 9. The molecule has 0 aromatic carbocycles. The van der Waals surface area contributed by atoms with Gasteiger partial charge in [0.25, 0.3) is 0 Å². The van der Waals surface area contributed by atoms with Crippen molar-refractivity contribution >= 4 is 5.91 Å². The fourth-order valence-corrected chi connectivity index (χ4v) is 1.79. The lowest BCUT2D eigenvalue weighted by Crippen LogP contribution is -2.32. The average Bonchev–Trinajstić information content (AvgIpc) is 2.24. The van der Waals surface area contributed by atoms with Crippen LogP contribution in [-0.2, 0) is 4.79 Å². The number of nitrogens with one attached hydrogen (secondary N) is 1. The molecule has 0 aliphatic carbocycles. The van der Waals surface area contributed by atoms with Gasteiger partial charge >= 0.3 is 0 Å². The van der Waals surface area contributed by atoms with Gasteiger partial charge in [-0.25, -0.2) is 0 Å². The van der Waals surface area contributed by atoms with Gasteiger partial charge in [-0.05, 0) is 18.3 Å². The Balaban J connectivity index is 3.50. The Hall–Kier alpha value is -0.530. The molecule has 0 rings (SSSR count). The molecule has 2 heteroatoms. The molecule has 0 bridgehead atoms. The van der Waals surface area contributed by atoms with Crippen molar-refractivity contribution in [1.29, 1.82) is 0 Å². The zero-order valence-electron chi connectivity index (χ0n) is 12.4. The highest BCUT2D eigenvalue weighted by Gasteiger charge is 2.12. The number of carbonyl (C=O) groups is 1. The van der Waals surface area contributed by atoms with E-state index in [-0.39, 0.29) is 11.8 Å². The van der Waals surface area contributed by atoms with Gasteiger partial charge in [-0.15, -0.1) is 0 Å². The quantitative estimate of drug-likeness (QED) is 0.607. The number of unbranched alkanes of at least 4 members (excludes halogenated alkanes) is 2. The molecule has 0 fully saturated rings. The zero-order valence-corrected chi connectivity index (χ0v) is 12.4. The fourth-order valence-electron chi connectivity index (χ4n) is 1.79. The lowest BCUT2D eigenvalue weighted by Gasteiger charge is -2.13. The van der Waals surface area contributed by atoms with E-state index in [1.54, 1.807) is 0 Å². The summed E-state index contributed by atoms with van der Waals surface area (Å²) in [6.07, 6.45) is 6.09. The molecule has 102 valence electrons. The van der Waals surface area contributed by atoms with Crippen molar-refractivity contribution in [2.75, 3.05) is 6.54 Å². The Morgan fingerprint density at radius 3 is 2.00 bits per heavy atom. The molecule has 0 saturated carbocycles. The minimum atomic E-state index is 0.174. The van der Waals surface area contributed by atoms with Crippen LogP contribution in [0.1, 0.15) is 66.7 Å². The summed E-state index contributed by atoms with van der Waals surface area (Å²) in [6, 6.07) is 0. The van der Waals surface area contributed by atoms with Crippen LogP contribution in [0.4, 0.5) is 0 Å². The molecule has 1 atom stereocenters. The summed E-state index contributed by atoms with van der Waals surface area (Å²) in [5.41, 5.74) is 0. The van der Waals surface area contributed by atoms with Gasteiger partial charge in [-0.1, -0.05) is 60.3 Å². The summed E-state index contributed by atoms with van der Waals surface area (Å²) >= 11 is 0. The van der Waals surface area contributed by atoms with E-state index in [0.717, 1.165) is 18.9 Å². The lowest BCUT2D eigenvalue weighted by atomic mass is 9.99. The molecule has 0 unspecified atom stereocenters. The SMILES string of the molecule is CC(C)CCCCC[C@H](C)C(=O)NCC(C)C. The molecular formula is C15H31NO. The average molecular weight is 241 g/mol. The first-order chi connectivity index (χ1) is 7.93. The third-order valence-corrected chi connectivity index (χ3v) is 3.05. The van der Waals surface area contributed by atoms with Crippen molar-refractivity contribution in [2.45, 2.75) is 66.7 Å². The van der Waals surface area contributed by atoms with Crippen LogP contribution in [0.15, 0.2) is 0 Å². The molecule has 0 saturated heterocycles. The third-order valence-electron chi connectivity index (χ3n) is 3.05.